The molecule has 0 aliphatic carbocycles. The molecule has 84 valence electrons. The number of hydrogen-bond donors (Lipinski definition) is 2. The van der Waals surface area contributed by atoms with Crippen LogP contribution in [0.5, 0.6) is 0 Å². The lowest BCUT2D eigenvalue weighted by Gasteiger charge is -2.00. The number of aromatic amines is 1. The van der Waals surface area contributed by atoms with E-state index in [1.165, 1.54) is 6.07 Å². The number of carbonyl (C=O) groups is 1. The average Bonchev–Trinajstić information content (AvgIpc) is 2.96. The Labute approximate surface area is 95.5 Å². The van der Waals surface area contributed by atoms with E-state index >= 15 is 0 Å². The van der Waals surface area contributed by atoms with Crippen LogP contribution in [0.3, 0.4) is 0 Å². The van der Waals surface area contributed by atoms with Gasteiger partial charge in [0, 0.05) is 18.0 Å². The molecule has 0 spiro atoms. The number of nitrogens with zero attached hydrogens (tertiary/aromatic N) is 3. The average molecular weight is 228 g/mol. The summed E-state index contributed by atoms with van der Waals surface area (Å²) in [6.45, 7) is 0. The van der Waals surface area contributed by atoms with E-state index in [9.17, 15) is 4.79 Å². The van der Waals surface area contributed by atoms with Crippen molar-refractivity contribution < 1.29 is 9.90 Å². The van der Waals surface area contributed by atoms with Crippen LogP contribution < -0.4 is 0 Å². The van der Waals surface area contributed by atoms with Gasteiger partial charge in [-0.15, -0.1) is 0 Å². The minimum Gasteiger partial charge on any atom is -0.478 e. The van der Waals surface area contributed by atoms with Crippen LogP contribution >= 0.6 is 0 Å². The maximum absolute atomic E-state index is 10.9. The molecule has 0 aromatic carbocycles. The third kappa shape index (κ3) is 1.46. The molecule has 3 aromatic rings. The van der Waals surface area contributed by atoms with Crippen molar-refractivity contribution in [2.75, 3.05) is 0 Å². The van der Waals surface area contributed by atoms with E-state index in [2.05, 4.69) is 15.2 Å². The highest BCUT2D eigenvalue weighted by Crippen LogP contribution is 2.19. The molecule has 0 bridgehead atoms. The summed E-state index contributed by atoms with van der Waals surface area (Å²) in [5.41, 5.74) is 2.59. The first-order valence-corrected chi connectivity index (χ1v) is 4.95. The van der Waals surface area contributed by atoms with Crippen molar-refractivity contribution >= 4 is 11.6 Å². The van der Waals surface area contributed by atoms with E-state index in [4.69, 9.17) is 5.11 Å². The second-order valence-electron chi connectivity index (χ2n) is 3.58. The lowest BCUT2D eigenvalue weighted by atomic mass is 10.2. The van der Waals surface area contributed by atoms with E-state index in [0.29, 0.717) is 5.65 Å². The van der Waals surface area contributed by atoms with Crippen LogP contribution in [0.15, 0.2) is 36.9 Å². The molecule has 2 N–H and O–H groups in total. The van der Waals surface area contributed by atoms with Crippen LogP contribution in [0.1, 0.15) is 10.4 Å². The molecule has 6 heteroatoms. The Morgan fingerprint density at radius 3 is 2.94 bits per heavy atom. The van der Waals surface area contributed by atoms with Gasteiger partial charge in [-0.1, -0.05) is 0 Å². The molecular weight excluding hydrogens is 220 g/mol. The third-order valence-electron chi connectivity index (χ3n) is 2.55. The van der Waals surface area contributed by atoms with Crippen LogP contribution in [-0.2, 0) is 0 Å². The number of rotatable bonds is 2. The Hall–Kier alpha value is -2.63. The van der Waals surface area contributed by atoms with Gasteiger partial charge in [-0.05, 0) is 12.1 Å². The largest absolute Gasteiger partial charge is 0.478 e. The summed E-state index contributed by atoms with van der Waals surface area (Å²) in [6.07, 6.45) is 6.63. The lowest BCUT2D eigenvalue weighted by molar-refractivity contribution is 0.0696. The Morgan fingerprint density at radius 2 is 2.24 bits per heavy atom. The van der Waals surface area contributed by atoms with Crippen molar-refractivity contribution in [1.82, 2.24) is 19.6 Å². The zero-order chi connectivity index (χ0) is 11.8. The summed E-state index contributed by atoms with van der Waals surface area (Å²) in [6, 6.07) is 3.21. The van der Waals surface area contributed by atoms with Crippen molar-refractivity contribution in [2.24, 2.45) is 0 Å². The number of H-pyrrole nitrogens is 1. The molecule has 0 saturated carbocycles. The van der Waals surface area contributed by atoms with Crippen molar-refractivity contribution in [1.29, 1.82) is 0 Å². The van der Waals surface area contributed by atoms with Gasteiger partial charge in [0.05, 0.1) is 23.7 Å². The SMILES string of the molecule is O=C(O)c1ccc2ncc(-c3cn[nH]c3)n2c1. The molecule has 0 amide bonds. The number of nitrogens with one attached hydrogen (secondary N) is 1. The number of carboxylic acids is 1. The fraction of sp³-hybridized carbons (Fsp3) is 0. The standard InChI is InChI=1S/C11H8N4O2/c16-11(17)7-1-2-10-12-5-9(15(10)6-7)8-3-13-14-4-8/h1-6H,(H,13,14)(H,16,17). The molecule has 0 atom stereocenters. The smallest absolute Gasteiger partial charge is 0.337 e. The summed E-state index contributed by atoms with van der Waals surface area (Å²) in [4.78, 5) is 15.1. The molecule has 0 fully saturated rings. The second kappa shape index (κ2) is 3.44. The fourth-order valence-electron chi connectivity index (χ4n) is 1.71. The minimum atomic E-state index is -0.959. The molecule has 0 aliphatic heterocycles. The Bertz CT molecular complexity index is 685. The zero-order valence-electron chi connectivity index (χ0n) is 8.66. The van der Waals surface area contributed by atoms with Gasteiger partial charge in [0.25, 0.3) is 0 Å². The van der Waals surface area contributed by atoms with Gasteiger partial charge in [0.2, 0.25) is 0 Å². The molecule has 3 aromatic heterocycles. The van der Waals surface area contributed by atoms with Gasteiger partial charge in [0.15, 0.2) is 0 Å². The molecule has 6 nitrogen and oxygen atoms in total. The third-order valence-corrected chi connectivity index (χ3v) is 2.55. The maximum atomic E-state index is 10.9. The van der Waals surface area contributed by atoms with Crippen molar-refractivity contribution in [3.05, 3.63) is 42.5 Å². The van der Waals surface area contributed by atoms with Gasteiger partial charge in [0.1, 0.15) is 5.65 Å². The van der Waals surface area contributed by atoms with E-state index in [-0.39, 0.29) is 5.56 Å². The first-order valence-electron chi connectivity index (χ1n) is 4.95. The zero-order valence-corrected chi connectivity index (χ0v) is 8.66. The van der Waals surface area contributed by atoms with Gasteiger partial charge in [-0.2, -0.15) is 5.10 Å². The predicted octanol–water partition coefficient (Wildman–Crippen LogP) is 1.42. The summed E-state index contributed by atoms with van der Waals surface area (Å²) in [7, 11) is 0. The van der Waals surface area contributed by atoms with Gasteiger partial charge < -0.3 is 5.11 Å². The highest BCUT2D eigenvalue weighted by atomic mass is 16.4. The number of aromatic nitrogens is 4. The maximum Gasteiger partial charge on any atom is 0.337 e. The molecule has 0 aliphatic rings. The Kier molecular flexibility index (Phi) is 1.94. The number of fused-ring (bicyclic) bond motifs is 1. The number of carboxylic acid groups (broad SMARTS) is 1. The predicted molar refractivity (Wildman–Crippen MR) is 59.7 cm³/mol. The molecule has 17 heavy (non-hydrogen) atoms. The second-order valence-corrected chi connectivity index (χ2v) is 3.58. The van der Waals surface area contributed by atoms with Gasteiger partial charge >= 0.3 is 5.97 Å². The van der Waals surface area contributed by atoms with E-state index < -0.39 is 5.97 Å². The van der Waals surface area contributed by atoms with Gasteiger partial charge in [-0.25, -0.2) is 9.78 Å². The van der Waals surface area contributed by atoms with Crippen LogP contribution in [0.2, 0.25) is 0 Å². The van der Waals surface area contributed by atoms with Crippen molar-refractivity contribution in [3.8, 4) is 11.3 Å². The van der Waals surface area contributed by atoms with Crippen LogP contribution in [0.4, 0.5) is 0 Å². The fourth-order valence-corrected chi connectivity index (χ4v) is 1.71. The van der Waals surface area contributed by atoms with E-state index in [0.717, 1.165) is 11.3 Å². The number of pyridine rings is 1. The summed E-state index contributed by atoms with van der Waals surface area (Å²) >= 11 is 0. The van der Waals surface area contributed by atoms with E-state index in [1.54, 1.807) is 35.3 Å². The van der Waals surface area contributed by atoms with Crippen LogP contribution in [0.25, 0.3) is 16.9 Å². The Morgan fingerprint density at radius 1 is 1.35 bits per heavy atom. The summed E-state index contributed by atoms with van der Waals surface area (Å²) < 4.78 is 1.73. The lowest BCUT2D eigenvalue weighted by Crippen LogP contribution is -1.99. The van der Waals surface area contributed by atoms with Crippen molar-refractivity contribution in [2.45, 2.75) is 0 Å². The topological polar surface area (TPSA) is 83.3 Å². The molecule has 3 rings (SSSR count). The molecule has 3 heterocycles. The quantitative estimate of drug-likeness (QED) is 0.694. The van der Waals surface area contributed by atoms with Crippen molar-refractivity contribution in [3.63, 3.8) is 0 Å². The monoisotopic (exact) mass is 228 g/mol. The highest BCUT2D eigenvalue weighted by molar-refractivity contribution is 5.87. The number of hydrogen-bond acceptors (Lipinski definition) is 3. The van der Waals surface area contributed by atoms with E-state index in [1.807, 2.05) is 0 Å². The first kappa shape index (κ1) is 9.59. The minimum absolute atomic E-state index is 0.222. The molecule has 0 radical (unpaired) electrons. The molecular formula is C11H8N4O2. The molecule has 0 saturated heterocycles. The normalized spacial score (nSPS) is 10.8. The molecule has 0 unspecified atom stereocenters. The Balaban J connectivity index is 2.26. The highest BCUT2D eigenvalue weighted by Gasteiger charge is 2.09. The number of aromatic carboxylic acids is 1. The summed E-state index contributed by atoms with van der Waals surface area (Å²) in [5, 5.41) is 15.5. The van der Waals surface area contributed by atoms with Crippen LogP contribution in [0, 0.1) is 0 Å². The van der Waals surface area contributed by atoms with Crippen LogP contribution in [-0.4, -0.2) is 30.7 Å². The van der Waals surface area contributed by atoms with Gasteiger partial charge in [-0.3, -0.25) is 9.50 Å². The first-order chi connectivity index (χ1) is 8.25. The summed E-state index contributed by atoms with van der Waals surface area (Å²) in [5.74, 6) is -0.959. The number of imidazole rings is 1.